The summed E-state index contributed by atoms with van der Waals surface area (Å²) in [5, 5.41) is 9.23. The molecular weight excluding hydrogens is 210 g/mol. The standard InChI is InChI=1S/C15H23NO/c17-13-15-10-6-12-16(15)11-5-4-9-14-7-2-1-3-8-14/h1-3,7-8,15,17H,4-6,9-13H2/t15-/m0/s1. The van der Waals surface area contributed by atoms with E-state index < -0.39 is 0 Å². The molecule has 1 atom stereocenters. The van der Waals surface area contributed by atoms with Crippen LogP contribution in [0.3, 0.4) is 0 Å². The molecule has 2 rings (SSSR count). The monoisotopic (exact) mass is 233 g/mol. The van der Waals surface area contributed by atoms with Crippen LogP contribution in [0.15, 0.2) is 30.3 Å². The lowest BCUT2D eigenvalue weighted by Gasteiger charge is -2.22. The number of benzene rings is 1. The third-order valence-corrected chi connectivity index (χ3v) is 3.71. The van der Waals surface area contributed by atoms with E-state index in [-0.39, 0.29) is 0 Å². The van der Waals surface area contributed by atoms with Crippen LogP contribution >= 0.6 is 0 Å². The predicted molar refractivity (Wildman–Crippen MR) is 71.1 cm³/mol. The minimum Gasteiger partial charge on any atom is -0.395 e. The van der Waals surface area contributed by atoms with Crippen molar-refractivity contribution in [3.05, 3.63) is 35.9 Å². The molecule has 0 amide bonds. The molecule has 94 valence electrons. The first-order valence-electron chi connectivity index (χ1n) is 6.79. The molecule has 1 heterocycles. The first kappa shape index (κ1) is 12.6. The number of aliphatic hydroxyl groups is 1. The quantitative estimate of drug-likeness (QED) is 0.763. The highest BCUT2D eigenvalue weighted by molar-refractivity contribution is 5.14. The van der Waals surface area contributed by atoms with Crippen LogP contribution < -0.4 is 0 Å². The molecule has 2 nitrogen and oxygen atoms in total. The molecular formula is C15H23NO. The molecule has 0 radical (unpaired) electrons. The molecule has 1 aliphatic rings. The highest BCUT2D eigenvalue weighted by atomic mass is 16.3. The molecule has 0 saturated carbocycles. The number of hydrogen-bond acceptors (Lipinski definition) is 2. The lowest BCUT2D eigenvalue weighted by atomic mass is 10.1. The Morgan fingerprint density at radius 3 is 2.76 bits per heavy atom. The summed E-state index contributed by atoms with van der Waals surface area (Å²) >= 11 is 0. The highest BCUT2D eigenvalue weighted by Crippen LogP contribution is 2.17. The number of rotatable bonds is 6. The molecule has 1 aromatic carbocycles. The van der Waals surface area contributed by atoms with Gasteiger partial charge in [0.1, 0.15) is 0 Å². The van der Waals surface area contributed by atoms with Gasteiger partial charge in [0.15, 0.2) is 0 Å². The second kappa shape index (κ2) is 6.77. The minimum absolute atomic E-state index is 0.332. The zero-order valence-corrected chi connectivity index (χ0v) is 10.5. The van der Waals surface area contributed by atoms with Crippen molar-refractivity contribution in [1.82, 2.24) is 4.90 Å². The van der Waals surface area contributed by atoms with Crippen molar-refractivity contribution in [3.63, 3.8) is 0 Å². The van der Waals surface area contributed by atoms with E-state index >= 15 is 0 Å². The van der Waals surface area contributed by atoms with Crippen LogP contribution in [0.5, 0.6) is 0 Å². The molecule has 1 aliphatic heterocycles. The Balaban J connectivity index is 1.63. The normalized spacial score (nSPS) is 20.9. The van der Waals surface area contributed by atoms with E-state index in [1.54, 1.807) is 0 Å². The second-order valence-corrected chi connectivity index (χ2v) is 4.96. The van der Waals surface area contributed by atoms with Crippen molar-refractivity contribution >= 4 is 0 Å². The Morgan fingerprint density at radius 1 is 1.18 bits per heavy atom. The van der Waals surface area contributed by atoms with Crippen LogP contribution in [0.1, 0.15) is 31.2 Å². The topological polar surface area (TPSA) is 23.5 Å². The molecule has 1 aromatic rings. The van der Waals surface area contributed by atoms with Gasteiger partial charge in [-0.2, -0.15) is 0 Å². The van der Waals surface area contributed by atoms with E-state index in [1.807, 2.05) is 0 Å². The number of hydrogen-bond donors (Lipinski definition) is 1. The smallest absolute Gasteiger partial charge is 0.0586 e. The molecule has 0 bridgehead atoms. The number of aryl methyl sites for hydroxylation is 1. The summed E-state index contributed by atoms with van der Waals surface area (Å²) in [7, 11) is 0. The van der Waals surface area contributed by atoms with Crippen molar-refractivity contribution in [2.24, 2.45) is 0 Å². The third kappa shape index (κ3) is 3.83. The van der Waals surface area contributed by atoms with E-state index in [2.05, 4.69) is 35.2 Å². The number of aliphatic hydroxyl groups excluding tert-OH is 1. The Morgan fingerprint density at radius 2 is 2.00 bits per heavy atom. The fourth-order valence-corrected chi connectivity index (χ4v) is 2.68. The molecule has 0 aromatic heterocycles. The van der Waals surface area contributed by atoms with Crippen LogP contribution in [-0.2, 0) is 6.42 Å². The molecule has 0 aliphatic carbocycles. The molecule has 2 heteroatoms. The first-order chi connectivity index (χ1) is 8.40. The van der Waals surface area contributed by atoms with Gasteiger partial charge < -0.3 is 5.11 Å². The molecule has 0 unspecified atom stereocenters. The van der Waals surface area contributed by atoms with Crippen molar-refractivity contribution in [2.45, 2.75) is 38.1 Å². The lowest BCUT2D eigenvalue weighted by Crippen LogP contribution is -2.32. The summed E-state index contributed by atoms with van der Waals surface area (Å²) in [6, 6.07) is 11.1. The van der Waals surface area contributed by atoms with Gasteiger partial charge in [0, 0.05) is 6.04 Å². The number of nitrogens with zero attached hydrogens (tertiary/aromatic N) is 1. The van der Waals surface area contributed by atoms with Crippen LogP contribution in [0.25, 0.3) is 0 Å². The Kier molecular flexibility index (Phi) is 5.02. The van der Waals surface area contributed by atoms with E-state index in [1.165, 1.54) is 44.2 Å². The minimum atomic E-state index is 0.332. The molecule has 1 fully saturated rings. The van der Waals surface area contributed by atoms with Crippen molar-refractivity contribution < 1.29 is 5.11 Å². The maximum atomic E-state index is 9.23. The molecule has 17 heavy (non-hydrogen) atoms. The maximum absolute atomic E-state index is 9.23. The Bertz CT molecular complexity index is 312. The Hall–Kier alpha value is -0.860. The molecule has 1 N–H and O–H groups in total. The summed E-state index contributed by atoms with van der Waals surface area (Å²) in [6.45, 7) is 2.66. The van der Waals surface area contributed by atoms with Gasteiger partial charge in [0.25, 0.3) is 0 Å². The molecule has 0 spiro atoms. The van der Waals surface area contributed by atoms with Gasteiger partial charge in [0.2, 0.25) is 0 Å². The number of unbranched alkanes of at least 4 members (excludes halogenated alkanes) is 1. The summed E-state index contributed by atoms with van der Waals surface area (Å²) in [5.41, 5.74) is 1.44. The second-order valence-electron chi connectivity index (χ2n) is 4.96. The van der Waals surface area contributed by atoms with Crippen molar-refractivity contribution in [1.29, 1.82) is 0 Å². The van der Waals surface area contributed by atoms with Crippen molar-refractivity contribution in [2.75, 3.05) is 19.7 Å². The third-order valence-electron chi connectivity index (χ3n) is 3.71. The largest absolute Gasteiger partial charge is 0.395 e. The first-order valence-corrected chi connectivity index (χ1v) is 6.79. The van der Waals surface area contributed by atoms with E-state index in [9.17, 15) is 5.11 Å². The van der Waals surface area contributed by atoms with Gasteiger partial charge in [-0.3, -0.25) is 4.90 Å². The number of likely N-dealkylation sites (tertiary alicyclic amines) is 1. The summed E-state index contributed by atoms with van der Waals surface area (Å²) in [6.07, 6.45) is 6.10. The zero-order chi connectivity index (χ0) is 11.9. The lowest BCUT2D eigenvalue weighted by molar-refractivity contribution is 0.157. The van der Waals surface area contributed by atoms with Crippen LogP contribution in [0.2, 0.25) is 0 Å². The average Bonchev–Trinajstić information content (AvgIpc) is 2.83. The maximum Gasteiger partial charge on any atom is 0.0586 e. The van der Waals surface area contributed by atoms with Gasteiger partial charge in [-0.1, -0.05) is 30.3 Å². The summed E-state index contributed by atoms with van der Waals surface area (Å²) < 4.78 is 0. The van der Waals surface area contributed by atoms with E-state index in [0.29, 0.717) is 12.6 Å². The van der Waals surface area contributed by atoms with Crippen LogP contribution in [0, 0.1) is 0 Å². The average molecular weight is 233 g/mol. The Labute approximate surface area is 104 Å². The van der Waals surface area contributed by atoms with Gasteiger partial charge in [-0.05, 0) is 50.8 Å². The fraction of sp³-hybridized carbons (Fsp3) is 0.600. The van der Waals surface area contributed by atoms with Gasteiger partial charge in [0.05, 0.1) is 6.61 Å². The van der Waals surface area contributed by atoms with Gasteiger partial charge in [-0.15, -0.1) is 0 Å². The summed E-state index contributed by atoms with van der Waals surface area (Å²) in [5.74, 6) is 0. The van der Waals surface area contributed by atoms with Gasteiger partial charge in [-0.25, -0.2) is 0 Å². The van der Waals surface area contributed by atoms with E-state index in [4.69, 9.17) is 0 Å². The highest BCUT2D eigenvalue weighted by Gasteiger charge is 2.22. The van der Waals surface area contributed by atoms with Crippen molar-refractivity contribution in [3.8, 4) is 0 Å². The fourth-order valence-electron chi connectivity index (χ4n) is 2.68. The predicted octanol–water partition coefficient (Wildman–Crippen LogP) is 2.47. The van der Waals surface area contributed by atoms with Gasteiger partial charge >= 0.3 is 0 Å². The van der Waals surface area contributed by atoms with Crippen LogP contribution in [-0.4, -0.2) is 35.7 Å². The zero-order valence-electron chi connectivity index (χ0n) is 10.5. The van der Waals surface area contributed by atoms with E-state index in [0.717, 1.165) is 6.54 Å². The summed E-state index contributed by atoms with van der Waals surface area (Å²) in [4.78, 5) is 2.45. The SMILES string of the molecule is OC[C@@H]1CCCN1CCCCc1ccccc1. The van der Waals surface area contributed by atoms with Crippen LogP contribution in [0.4, 0.5) is 0 Å². The molecule has 1 saturated heterocycles.